The first-order valence-electron chi connectivity index (χ1n) is 11.7. The summed E-state index contributed by atoms with van der Waals surface area (Å²) in [5.74, 6) is 0.0218. The summed E-state index contributed by atoms with van der Waals surface area (Å²) >= 11 is 2.08. The Hall–Kier alpha value is -3.84. The summed E-state index contributed by atoms with van der Waals surface area (Å²) in [5.41, 5.74) is 4.91. The number of hydrogen-bond acceptors (Lipinski definition) is 5. The first-order valence-corrected chi connectivity index (χ1v) is 12.7. The van der Waals surface area contributed by atoms with Crippen LogP contribution in [0, 0.1) is 35.7 Å². The molecule has 2 amide bonds. The van der Waals surface area contributed by atoms with Gasteiger partial charge in [-0.1, -0.05) is 24.3 Å². The van der Waals surface area contributed by atoms with Gasteiger partial charge in [-0.15, -0.1) is 0 Å². The van der Waals surface area contributed by atoms with Crippen LogP contribution in [0.25, 0.3) is 6.08 Å². The maximum Gasteiger partial charge on any atom is 0.266 e. The van der Waals surface area contributed by atoms with Gasteiger partial charge in [0.05, 0.1) is 10.2 Å². The molecule has 190 valence electrons. The lowest BCUT2D eigenvalue weighted by atomic mass is 10.1. The van der Waals surface area contributed by atoms with Gasteiger partial charge in [-0.2, -0.15) is 5.26 Å². The van der Waals surface area contributed by atoms with Gasteiger partial charge < -0.3 is 20.1 Å². The van der Waals surface area contributed by atoms with Crippen LogP contribution in [0.1, 0.15) is 29.2 Å². The summed E-state index contributed by atoms with van der Waals surface area (Å²) in [6.45, 7) is 7.82. The zero-order valence-corrected chi connectivity index (χ0v) is 23.3. The molecule has 0 aromatic heterocycles. The van der Waals surface area contributed by atoms with Gasteiger partial charge in [0, 0.05) is 11.4 Å². The van der Waals surface area contributed by atoms with Crippen LogP contribution in [0.3, 0.4) is 0 Å². The summed E-state index contributed by atoms with van der Waals surface area (Å²) in [6.07, 6.45) is 1.50. The Morgan fingerprint density at radius 1 is 1.03 bits per heavy atom. The van der Waals surface area contributed by atoms with Gasteiger partial charge in [0.1, 0.15) is 11.6 Å². The van der Waals surface area contributed by atoms with Crippen LogP contribution in [0.5, 0.6) is 11.5 Å². The molecule has 0 saturated carbocycles. The third-order valence-electron chi connectivity index (χ3n) is 5.51. The molecule has 0 bridgehead atoms. The molecule has 0 radical (unpaired) electrons. The summed E-state index contributed by atoms with van der Waals surface area (Å²) in [5, 5.41) is 15.3. The number of amides is 2. The highest BCUT2D eigenvalue weighted by atomic mass is 127. The monoisotopic (exact) mass is 609 g/mol. The standard InChI is InChI=1S/C29H28IN3O4/c1-5-36-26-15-21(13-22(16-31)29(35)33-25-11-7-9-19(3)20(25)4)14-24(30)28(26)37-17-27(34)32-23-10-6-8-18(2)12-23/h6-15H,5,17H2,1-4H3,(H,32,34)(H,33,35)/b22-13+. The molecule has 0 aliphatic rings. The van der Waals surface area contributed by atoms with Crippen molar-refractivity contribution >= 4 is 51.9 Å². The van der Waals surface area contributed by atoms with E-state index in [0.717, 1.165) is 16.7 Å². The molecule has 0 heterocycles. The van der Waals surface area contributed by atoms with Crippen molar-refractivity contribution in [2.75, 3.05) is 23.8 Å². The predicted octanol–water partition coefficient (Wildman–Crippen LogP) is 6.18. The van der Waals surface area contributed by atoms with E-state index in [9.17, 15) is 14.9 Å². The van der Waals surface area contributed by atoms with E-state index >= 15 is 0 Å². The van der Waals surface area contributed by atoms with Crippen molar-refractivity contribution in [2.24, 2.45) is 0 Å². The SMILES string of the molecule is CCOc1cc(/C=C(\C#N)C(=O)Nc2cccc(C)c2C)cc(I)c1OCC(=O)Nc1cccc(C)c1. The molecule has 3 rings (SSSR count). The molecule has 0 saturated heterocycles. The lowest BCUT2D eigenvalue weighted by Crippen LogP contribution is -2.20. The molecule has 2 N–H and O–H groups in total. The van der Waals surface area contributed by atoms with Crippen LogP contribution in [-0.4, -0.2) is 25.0 Å². The minimum Gasteiger partial charge on any atom is -0.490 e. The maximum absolute atomic E-state index is 12.8. The number of anilines is 2. The van der Waals surface area contributed by atoms with Crippen molar-refractivity contribution in [2.45, 2.75) is 27.7 Å². The number of nitrogens with zero attached hydrogens (tertiary/aromatic N) is 1. The molecule has 0 unspecified atom stereocenters. The van der Waals surface area contributed by atoms with Crippen LogP contribution in [0.15, 0.2) is 60.2 Å². The molecule has 37 heavy (non-hydrogen) atoms. The molecule has 0 aliphatic heterocycles. The van der Waals surface area contributed by atoms with Crippen molar-refractivity contribution in [3.8, 4) is 17.6 Å². The lowest BCUT2D eigenvalue weighted by Gasteiger charge is -2.15. The summed E-state index contributed by atoms with van der Waals surface area (Å²) in [4.78, 5) is 25.2. The predicted molar refractivity (Wildman–Crippen MR) is 154 cm³/mol. The van der Waals surface area contributed by atoms with E-state index in [4.69, 9.17) is 9.47 Å². The molecule has 3 aromatic carbocycles. The van der Waals surface area contributed by atoms with Crippen molar-refractivity contribution in [3.05, 3.63) is 86.0 Å². The van der Waals surface area contributed by atoms with Crippen LogP contribution >= 0.6 is 22.6 Å². The average molecular weight is 609 g/mol. The quantitative estimate of drug-likeness (QED) is 0.172. The maximum atomic E-state index is 12.8. The Morgan fingerprint density at radius 3 is 2.49 bits per heavy atom. The van der Waals surface area contributed by atoms with Gasteiger partial charge >= 0.3 is 0 Å². The van der Waals surface area contributed by atoms with Gasteiger partial charge in [0.2, 0.25) is 0 Å². The molecule has 0 aliphatic carbocycles. The second-order valence-electron chi connectivity index (χ2n) is 8.34. The molecule has 7 nitrogen and oxygen atoms in total. The highest BCUT2D eigenvalue weighted by molar-refractivity contribution is 14.1. The number of nitrogens with one attached hydrogen (secondary N) is 2. The van der Waals surface area contributed by atoms with E-state index in [2.05, 4.69) is 33.2 Å². The van der Waals surface area contributed by atoms with Crippen molar-refractivity contribution in [1.29, 1.82) is 5.26 Å². The van der Waals surface area contributed by atoms with Crippen molar-refractivity contribution in [1.82, 2.24) is 0 Å². The summed E-state index contributed by atoms with van der Waals surface area (Å²) < 4.78 is 12.2. The fourth-order valence-electron chi connectivity index (χ4n) is 3.52. The number of ether oxygens (including phenoxy) is 2. The summed E-state index contributed by atoms with van der Waals surface area (Å²) in [7, 11) is 0. The van der Waals surface area contributed by atoms with Crippen molar-refractivity contribution < 1.29 is 19.1 Å². The Bertz CT molecular complexity index is 1390. The molecule has 8 heteroatoms. The van der Waals surface area contributed by atoms with E-state index < -0.39 is 5.91 Å². The number of hydrogen-bond donors (Lipinski definition) is 2. The second kappa shape index (κ2) is 12.9. The van der Waals surface area contributed by atoms with E-state index in [-0.39, 0.29) is 18.1 Å². The first-order chi connectivity index (χ1) is 17.7. The number of halogens is 1. The van der Waals surface area contributed by atoms with Crippen LogP contribution in [0.2, 0.25) is 0 Å². The Kier molecular flexibility index (Phi) is 9.69. The Labute approximate surface area is 230 Å². The van der Waals surface area contributed by atoms with Gasteiger partial charge in [-0.25, -0.2) is 0 Å². The molecular weight excluding hydrogens is 581 g/mol. The zero-order valence-electron chi connectivity index (χ0n) is 21.1. The fraction of sp³-hybridized carbons (Fsp3) is 0.207. The third kappa shape index (κ3) is 7.57. The molecular formula is C29H28IN3O4. The molecule has 0 spiro atoms. The van der Waals surface area contributed by atoms with Crippen molar-refractivity contribution in [3.63, 3.8) is 0 Å². The van der Waals surface area contributed by atoms with Gasteiger partial charge in [-0.05, 0) is 109 Å². The number of carbonyl (C=O) groups excluding carboxylic acids is 2. The second-order valence-corrected chi connectivity index (χ2v) is 9.50. The zero-order chi connectivity index (χ0) is 26.9. The minimum atomic E-state index is -0.502. The molecule has 0 fully saturated rings. The largest absolute Gasteiger partial charge is 0.490 e. The fourth-order valence-corrected chi connectivity index (χ4v) is 4.30. The number of benzene rings is 3. The highest BCUT2D eigenvalue weighted by Gasteiger charge is 2.16. The molecule has 0 atom stereocenters. The number of aryl methyl sites for hydroxylation is 2. The number of nitriles is 1. The first kappa shape index (κ1) is 27.7. The number of carbonyl (C=O) groups is 2. The van der Waals surface area contributed by atoms with Crippen LogP contribution in [-0.2, 0) is 9.59 Å². The topological polar surface area (TPSA) is 100 Å². The van der Waals surface area contributed by atoms with Gasteiger partial charge in [-0.3, -0.25) is 9.59 Å². The molecule has 3 aromatic rings. The van der Waals surface area contributed by atoms with E-state index in [1.165, 1.54) is 6.08 Å². The Morgan fingerprint density at radius 2 is 1.78 bits per heavy atom. The van der Waals surface area contributed by atoms with Crippen LogP contribution < -0.4 is 20.1 Å². The summed E-state index contributed by atoms with van der Waals surface area (Å²) in [6, 6.07) is 18.5. The third-order valence-corrected chi connectivity index (χ3v) is 6.31. The smallest absolute Gasteiger partial charge is 0.266 e. The normalized spacial score (nSPS) is 10.9. The highest BCUT2D eigenvalue weighted by Crippen LogP contribution is 2.35. The van der Waals surface area contributed by atoms with Gasteiger partial charge in [0.25, 0.3) is 11.8 Å². The number of rotatable bonds is 9. The van der Waals surface area contributed by atoms with E-state index in [0.29, 0.717) is 38.6 Å². The van der Waals surface area contributed by atoms with E-state index in [1.807, 2.05) is 70.2 Å². The average Bonchev–Trinajstić information content (AvgIpc) is 2.85. The lowest BCUT2D eigenvalue weighted by molar-refractivity contribution is -0.118. The van der Waals surface area contributed by atoms with Gasteiger partial charge in [0.15, 0.2) is 18.1 Å². The van der Waals surface area contributed by atoms with Crippen LogP contribution in [0.4, 0.5) is 11.4 Å². The Balaban J connectivity index is 1.79. The van der Waals surface area contributed by atoms with E-state index in [1.54, 1.807) is 18.2 Å². The minimum absolute atomic E-state index is 0.0506.